The van der Waals surface area contributed by atoms with E-state index in [-0.39, 0.29) is 0 Å². The Labute approximate surface area is 118 Å². The number of nitrogens with one attached hydrogen (secondary N) is 1. The Bertz CT molecular complexity index is 517. The Hall–Kier alpha value is -1.39. The third kappa shape index (κ3) is 4.33. The molecule has 0 unspecified atom stereocenters. The van der Waals surface area contributed by atoms with Crippen LogP contribution in [-0.2, 0) is 6.54 Å². The van der Waals surface area contributed by atoms with Crippen molar-refractivity contribution in [1.29, 1.82) is 0 Å². The first kappa shape index (κ1) is 14.0. The van der Waals surface area contributed by atoms with Gasteiger partial charge in [0.1, 0.15) is 10.1 Å². The summed E-state index contributed by atoms with van der Waals surface area (Å²) in [5.41, 5.74) is 3.49. The molecule has 0 atom stereocenters. The highest BCUT2D eigenvalue weighted by atomic mass is 32.2. The summed E-state index contributed by atoms with van der Waals surface area (Å²) in [6, 6.07) is 8.33. The molecule has 19 heavy (non-hydrogen) atoms. The molecule has 100 valence electrons. The van der Waals surface area contributed by atoms with Gasteiger partial charge in [-0.05, 0) is 49.7 Å². The third-order valence-corrected chi connectivity index (χ3v) is 3.53. The zero-order chi connectivity index (χ0) is 13.7. The van der Waals surface area contributed by atoms with Crippen LogP contribution in [0.4, 0.5) is 0 Å². The van der Waals surface area contributed by atoms with Crippen LogP contribution in [0.15, 0.2) is 40.5 Å². The van der Waals surface area contributed by atoms with E-state index in [1.54, 1.807) is 11.8 Å². The molecule has 3 nitrogen and oxygen atoms in total. The number of pyridine rings is 2. The van der Waals surface area contributed by atoms with Gasteiger partial charge in [0.15, 0.2) is 0 Å². The summed E-state index contributed by atoms with van der Waals surface area (Å²) in [7, 11) is 0. The summed E-state index contributed by atoms with van der Waals surface area (Å²) in [6.45, 7) is 8.05. The second-order valence-corrected chi connectivity index (χ2v) is 5.55. The Balaban J connectivity index is 2.06. The lowest BCUT2D eigenvalue weighted by atomic mass is 10.3. The van der Waals surface area contributed by atoms with Crippen LogP contribution in [0.2, 0.25) is 0 Å². The molecule has 0 bridgehead atoms. The van der Waals surface area contributed by atoms with Crippen molar-refractivity contribution in [2.24, 2.45) is 0 Å². The van der Waals surface area contributed by atoms with Crippen molar-refractivity contribution in [3.63, 3.8) is 0 Å². The fourth-order valence-electron chi connectivity index (χ4n) is 1.81. The zero-order valence-electron chi connectivity index (χ0n) is 11.6. The SMILES string of the molecule is CCNCc1ccc(Sc2cc(C)cc(C)n2)nc1. The van der Waals surface area contributed by atoms with Crippen molar-refractivity contribution in [3.05, 3.63) is 47.3 Å². The number of hydrogen-bond acceptors (Lipinski definition) is 4. The molecule has 2 heterocycles. The molecule has 0 fully saturated rings. The predicted octanol–water partition coefficient (Wildman–Crippen LogP) is 3.35. The molecular weight excluding hydrogens is 254 g/mol. The van der Waals surface area contributed by atoms with E-state index in [0.717, 1.165) is 28.8 Å². The summed E-state index contributed by atoms with van der Waals surface area (Å²) in [5.74, 6) is 0. The molecule has 0 amide bonds. The zero-order valence-corrected chi connectivity index (χ0v) is 12.4. The normalized spacial score (nSPS) is 10.7. The molecule has 0 radical (unpaired) electrons. The van der Waals surface area contributed by atoms with Crippen LogP contribution in [0.5, 0.6) is 0 Å². The lowest BCUT2D eigenvalue weighted by molar-refractivity contribution is 0.723. The number of nitrogens with zero attached hydrogens (tertiary/aromatic N) is 2. The molecule has 4 heteroatoms. The summed E-state index contributed by atoms with van der Waals surface area (Å²) in [6.07, 6.45) is 1.92. The smallest absolute Gasteiger partial charge is 0.103 e. The maximum absolute atomic E-state index is 4.51. The van der Waals surface area contributed by atoms with Crippen LogP contribution in [0.25, 0.3) is 0 Å². The van der Waals surface area contributed by atoms with E-state index >= 15 is 0 Å². The molecular formula is C15H19N3S. The van der Waals surface area contributed by atoms with Gasteiger partial charge >= 0.3 is 0 Å². The van der Waals surface area contributed by atoms with E-state index in [1.165, 1.54) is 11.1 Å². The predicted molar refractivity (Wildman–Crippen MR) is 79.5 cm³/mol. The molecule has 0 spiro atoms. The largest absolute Gasteiger partial charge is 0.313 e. The summed E-state index contributed by atoms with van der Waals surface area (Å²) < 4.78 is 0. The average Bonchev–Trinajstić information content (AvgIpc) is 2.37. The molecule has 2 aromatic rings. The first-order valence-electron chi connectivity index (χ1n) is 6.46. The topological polar surface area (TPSA) is 37.8 Å². The van der Waals surface area contributed by atoms with Crippen LogP contribution in [0.3, 0.4) is 0 Å². The minimum absolute atomic E-state index is 0.871. The van der Waals surface area contributed by atoms with E-state index in [4.69, 9.17) is 0 Å². The Morgan fingerprint density at radius 3 is 2.63 bits per heavy atom. The second-order valence-electron chi connectivity index (χ2n) is 4.51. The van der Waals surface area contributed by atoms with Gasteiger partial charge in [0.25, 0.3) is 0 Å². The third-order valence-electron chi connectivity index (χ3n) is 2.66. The second kappa shape index (κ2) is 6.68. The number of aryl methyl sites for hydroxylation is 2. The Kier molecular flexibility index (Phi) is 4.93. The van der Waals surface area contributed by atoms with E-state index in [9.17, 15) is 0 Å². The molecule has 0 saturated carbocycles. The first-order valence-corrected chi connectivity index (χ1v) is 7.28. The van der Waals surface area contributed by atoms with Crippen molar-refractivity contribution in [1.82, 2.24) is 15.3 Å². The standard InChI is InChI=1S/C15H19N3S/c1-4-16-9-13-5-6-14(17-10-13)19-15-8-11(2)7-12(3)18-15/h5-8,10,16H,4,9H2,1-3H3. The number of aromatic nitrogens is 2. The minimum atomic E-state index is 0.871. The van der Waals surface area contributed by atoms with Gasteiger partial charge in [0.2, 0.25) is 0 Å². The quantitative estimate of drug-likeness (QED) is 0.906. The maximum Gasteiger partial charge on any atom is 0.103 e. The first-order chi connectivity index (χ1) is 9.17. The Morgan fingerprint density at radius 1 is 1.16 bits per heavy atom. The Morgan fingerprint density at radius 2 is 2.00 bits per heavy atom. The van der Waals surface area contributed by atoms with E-state index in [2.05, 4.69) is 53.4 Å². The minimum Gasteiger partial charge on any atom is -0.313 e. The van der Waals surface area contributed by atoms with Crippen LogP contribution in [0.1, 0.15) is 23.7 Å². The lowest BCUT2D eigenvalue weighted by Crippen LogP contribution is -2.11. The van der Waals surface area contributed by atoms with Gasteiger partial charge in [-0.3, -0.25) is 0 Å². The molecule has 2 rings (SSSR count). The molecule has 0 aliphatic rings. The van der Waals surface area contributed by atoms with E-state index in [0.29, 0.717) is 0 Å². The van der Waals surface area contributed by atoms with Gasteiger partial charge in [-0.25, -0.2) is 9.97 Å². The number of hydrogen-bond donors (Lipinski definition) is 1. The highest BCUT2D eigenvalue weighted by Crippen LogP contribution is 2.25. The van der Waals surface area contributed by atoms with Crippen molar-refractivity contribution in [2.45, 2.75) is 37.4 Å². The van der Waals surface area contributed by atoms with Crippen LogP contribution >= 0.6 is 11.8 Å². The lowest BCUT2D eigenvalue weighted by Gasteiger charge is -2.05. The van der Waals surface area contributed by atoms with Crippen LogP contribution in [-0.4, -0.2) is 16.5 Å². The van der Waals surface area contributed by atoms with Gasteiger partial charge < -0.3 is 5.32 Å². The van der Waals surface area contributed by atoms with Crippen LogP contribution < -0.4 is 5.32 Å². The maximum atomic E-state index is 4.51. The molecule has 0 aromatic carbocycles. The van der Waals surface area contributed by atoms with Crippen molar-refractivity contribution < 1.29 is 0 Å². The summed E-state index contributed by atoms with van der Waals surface area (Å²) in [5, 5.41) is 5.28. The van der Waals surface area contributed by atoms with E-state index < -0.39 is 0 Å². The van der Waals surface area contributed by atoms with Crippen molar-refractivity contribution in [2.75, 3.05) is 6.54 Å². The van der Waals surface area contributed by atoms with Gasteiger partial charge in [0, 0.05) is 18.4 Å². The monoisotopic (exact) mass is 273 g/mol. The highest BCUT2D eigenvalue weighted by molar-refractivity contribution is 7.99. The molecule has 0 saturated heterocycles. The molecule has 2 aromatic heterocycles. The highest BCUT2D eigenvalue weighted by Gasteiger charge is 2.02. The summed E-state index contributed by atoms with van der Waals surface area (Å²) >= 11 is 1.61. The van der Waals surface area contributed by atoms with Gasteiger partial charge in [-0.1, -0.05) is 24.8 Å². The van der Waals surface area contributed by atoms with Gasteiger partial charge in [-0.2, -0.15) is 0 Å². The fourth-order valence-corrected chi connectivity index (χ4v) is 2.70. The summed E-state index contributed by atoms with van der Waals surface area (Å²) in [4.78, 5) is 8.98. The van der Waals surface area contributed by atoms with Gasteiger partial charge in [-0.15, -0.1) is 0 Å². The number of rotatable bonds is 5. The van der Waals surface area contributed by atoms with Crippen molar-refractivity contribution in [3.8, 4) is 0 Å². The van der Waals surface area contributed by atoms with Crippen LogP contribution in [0, 0.1) is 13.8 Å². The van der Waals surface area contributed by atoms with Gasteiger partial charge in [0.05, 0.1) is 0 Å². The molecule has 1 N–H and O–H groups in total. The average molecular weight is 273 g/mol. The van der Waals surface area contributed by atoms with Crippen molar-refractivity contribution >= 4 is 11.8 Å². The molecule has 0 aliphatic carbocycles. The van der Waals surface area contributed by atoms with E-state index in [1.807, 2.05) is 13.1 Å². The molecule has 0 aliphatic heterocycles. The fraction of sp³-hybridized carbons (Fsp3) is 0.333.